The van der Waals surface area contributed by atoms with Crippen LogP contribution in [0.25, 0.3) is 0 Å². The van der Waals surface area contributed by atoms with E-state index in [0.717, 1.165) is 18.4 Å². The Kier molecular flexibility index (Phi) is 4.74. The zero-order chi connectivity index (χ0) is 12.1. The minimum Gasteiger partial charge on any atom is -0.494 e. The van der Waals surface area contributed by atoms with Gasteiger partial charge in [0.2, 0.25) is 0 Å². The Balaban J connectivity index is 2.91. The second-order valence-corrected chi connectivity index (χ2v) is 4.00. The Morgan fingerprint density at radius 3 is 2.38 bits per heavy atom. The molecule has 1 aromatic rings. The molecule has 1 rings (SSSR count). The molecule has 1 atom stereocenters. The number of hydrogen-bond acceptors (Lipinski definition) is 2. The summed E-state index contributed by atoms with van der Waals surface area (Å²) >= 11 is 0. The van der Waals surface area contributed by atoms with Gasteiger partial charge in [-0.3, -0.25) is 0 Å². The molecule has 2 nitrogen and oxygen atoms in total. The molecule has 0 spiro atoms. The molecule has 90 valence electrons. The van der Waals surface area contributed by atoms with Crippen molar-refractivity contribution in [2.24, 2.45) is 11.7 Å². The minimum absolute atomic E-state index is 0.101. The van der Waals surface area contributed by atoms with E-state index in [4.69, 9.17) is 10.5 Å². The molecule has 0 aliphatic rings. The molecule has 0 aliphatic heterocycles. The molecule has 0 saturated heterocycles. The van der Waals surface area contributed by atoms with Crippen molar-refractivity contribution in [2.45, 2.75) is 32.7 Å². The van der Waals surface area contributed by atoms with Crippen LogP contribution in [0.5, 0.6) is 5.75 Å². The second kappa shape index (κ2) is 5.85. The van der Waals surface area contributed by atoms with Crippen LogP contribution in [0.3, 0.4) is 0 Å². The van der Waals surface area contributed by atoms with Crippen LogP contribution < -0.4 is 10.5 Å². The third-order valence-corrected chi connectivity index (χ3v) is 3.12. The van der Waals surface area contributed by atoms with Crippen molar-refractivity contribution < 1.29 is 9.13 Å². The maximum atomic E-state index is 13.5. The minimum atomic E-state index is -0.346. The molecule has 0 bridgehead atoms. The van der Waals surface area contributed by atoms with Crippen molar-refractivity contribution in [1.82, 2.24) is 0 Å². The number of nitrogens with two attached hydrogens (primary N) is 1. The van der Waals surface area contributed by atoms with Crippen LogP contribution >= 0.6 is 0 Å². The van der Waals surface area contributed by atoms with E-state index in [-0.39, 0.29) is 17.6 Å². The predicted molar refractivity (Wildman–Crippen MR) is 64.0 cm³/mol. The number of ether oxygens (including phenoxy) is 1. The number of rotatable bonds is 5. The lowest BCUT2D eigenvalue weighted by Crippen LogP contribution is -2.20. The highest BCUT2D eigenvalue weighted by Crippen LogP contribution is 2.27. The quantitative estimate of drug-likeness (QED) is 0.834. The largest absolute Gasteiger partial charge is 0.494 e. The Morgan fingerprint density at radius 1 is 1.31 bits per heavy atom. The van der Waals surface area contributed by atoms with Gasteiger partial charge in [0.05, 0.1) is 7.11 Å². The van der Waals surface area contributed by atoms with E-state index in [9.17, 15) is 4.39 Å². The van der Waals surface area contributed by atoms with Crippen molar-refractivity contribution in [3.05, 3.63) is 29.6 Å². The first-order valence-electron chi connectivity index (χ1n) is 5.73. The SMILES string of the molecule is CCC(CC)C(N)c1ccc(OC)c(F)c1. The van der Waals surface area contributed by atoms with Crippen LogP contribution in [-0.4, -0.2) is 7.11 Å². The van der Waals surface area contributed by atoms with Crippen LogP contribution in [-0.2, 0) is 0 Å². The lowest BCUT2D eigenvalue weighted by Gasteiger charge is -2.21. The fourth-order valence-electron chi connectivity index (χ4n) is 1.96. The van der Waals surface area contributed by atoms with E-state index in [1.807, 2.05) is 6.07 Å². The number of benzene rings is 1. The van der Waals surface area contributed by atoms with Crippen molar-refractivity contribution in [3.63, 3.8) is 0 Å². The van der Waals surface area contributed by atoms with Gasteiger partial charge in [-0.15, -0.1) is 0 Å². The van der Waals surface area contributed by atoms with Gasteiger partial charge in [-0.05, 0) is 23.6 Å². The molecule has 0 aliphatic carbocycles. The van der Waals surface area contributed by atoms with Crippen molar-refractivity contribution in [1.29, 1.82) is 0 Å². The highest BCUT2D eigenvalue weighted by molar-refractivity contribution is 5.31. The number of halogens is 1. The van der Waals surface area contributed by atoms with Gasteiger partial charge in [0, 0.05) is 6.04 Å². The van der Waals surface area contributed by atoms with Crippen molar-refractivity contribution >= 4 is 0 Å². The fourth-order valence-corrected chi connectivity index (χ4v) is 1.96. The Labute approximate surface area is 96.6 Å². The summed E-state index contributed by atoms with van der Waals surface area (Å²) in [5.74, 6) is 0.315. The normalized spacial score (nSPS) is 12.9. The zero-order valence-electron chi connectivity index (χ0n) is 10.2. The average Bonchev–Trinajstić information content (AvgIpc) is 2.30. The van der Waals surface area contributed by atoms with Gasteiger partial charge in [-0.1, -0.05) is 32.8 Å². The van der Waals surface area contributed by atoms with E-state index >= 15 is 0 Å². The molecule has 2 N–H and O–H groups in total. The Morgan fingerprint density at radius 2 is 1.94 bits per heavy atom. The molecule has 0 amide bonds. The molecule has 1 aromatic carbocycles. The summed E-state index contributed by atoms with van der Waals surface area (Å²) in [6.07, 6.45) is 2.01. The van der Waals surface area contributed by atoms with Gasteiger partial charge in [0.25, 0.3) is 0 Å². The standard InChI is InChI=1S/C13H20FNO/c1-4-9(5-2)13(15)10-6-7-12(16-3)11(14)8-10/h6-9,13H,4-5,15H2,1-3H3. The van der Waals surface area contributed by atoms with Gasteiger partial charge < -0.3 is 10.5 Å². The highest BCUT2D eigenvalue weighted by atomic mass is 19.1. The van der Waals surface area contributed by atoms with Crippen molar-refractivity contribution in [3.8, 4) is 5.75 Å². The van der Waals surface area contributed by atoms with Gasteiger partial charge >= 0.3 is 0 Å². The predicted octanol–water partition coefficient (Wildman–Crippen LogP) is 3.27. The third-order valence-electron chi connectivity index (χ3n) is 3.12. The molecule has 0 heterocycles. The molecule has 3 heteroatoms. The maximum Gasteiger partial charge on any atom is 0.165 e. The van der Waals surface area contributed by atoms with Crippen LogP contribution in [0, 0.1) is 11.7 Å². The van der Waals surface area contributed by atoms with Crippen LogP contribution in [0.2, 0.25) is 0 Å². The van der Waals surface area contributed by atoms with E-state index in [0.29, 0.717) is 5.92 Å². The van der Waals surface area contributed by atoms with Crippen LogP contribution in [0.15, 0.2) is 18.2 Å². The monoisotopic (exact) mass is 225 g/mol. The number of hydrogen-bond donors (Lipinski definition) is 1. The fraction of sp³-hybridized carbons (Fsp3) is 0.538. The lowest BCUT2D eigenvalue weighted by molar-refractivity contribution is 0.381. The lowest BCUT2D eigenvalue weighted by atomic mass is 9.89. The molecule has 0 saturated carbocycles. The molecule has 1 unspecified atom stereocenters. The second-order valence-electron chi connectivity index (χ2n) is 4.00. The Hall–Kier alpha value is -1.09. The molecule has 16 heavy (non-hydrogen) atoms. The van der Waals surface area contributed by atoms with E-state index in [1.54, 1.807) is 6.07 Å². The first-order valence-corrected chi connectivity index (χ1v) is 5.73. The van der Waals surface area contributed by atoms with E-state index < -0.39 is 0 Å². The van der Waals surface area contributed by atoms with Gasteiger partial charge in [0.15, 0.2) is 11.6 Å². The summed E-state index contributed by atoms with van der Waals surface area (Å²) in [7, 11) is 1.46. The van der Waals surface area contributed by atoms with Gasteiger partial charge in [-0.2, -0.15) is 0 Å². The molecule has 0 fully saturated rings. The Bertz CT molecular complexity index is 337. The molecule has 0 aromatic heterocycles. The topological polar surface area (TPSA) is 35.2 Å². The summed E-state index contributed by atoms with van der Waals surface area (Å²) in [6, 6.07) is 4.84. The van der Waals surface area contributed by atoms with Crippen molar-refractivity contribution in [2.75, 3.05) is 7.11 Å². The van der Waals surface area contributed by atoms with Gasteiger partial charge in [-0.25, -0.2) is 4.39 Å². The number of methoxy groups -OCH3 is 1. The summed E-state index contributed by atoms with van der Waals surface area (Å²) in [5.41, 5.74) is 6.95. The molecular formula is C13H20FNO. The third kappa shape index (κ3) is 2.73. The average molecular weight is 225 g/mol. The first-order chi connectivity index (χ1) is 7.63. The summed E-state index contributed by atoms with van der Waals surface area (Å²) < 4.78 is 18.4. The van der Waals surface area contributed by atoms with E-state index in [1.165, 1.54) is 13.2 Å². The van der Waals surface area contributed by atoms with E-state index in [2.05, 4.69) is 13.8 Å². The zero-order valence-corrected chi connectivity index (χ0v) is 10.2. The molecular weight excluding hydrogens is 205 g/mol. The summed E-state index contributed by atoms with van der Waals surface area (Å²) in [4.78, 5) is 0. The smallest absolute Gasteiger partial charge is 0.165 e. The van der Waals surface area contributed by atoms with Crippen LogP contribution in [0.1, 0.15) is 38.3 Å². The highest BCUT2D eigenvalue weighted by Gasteiger charge is 2.17. The molecule has 0 radical (unpaired) electrons. The first kappa shape index (κ1) is 13.0. The summed E-state index contributed by atoms with van der Waals surface area (Å²) in [6.45, 7) is 4.21. The van der Waals surface area contributed by atoms with Gasteiger partial charge in [0.1, 0.15) is 0 Å². The maximum absolute atomic E-state index is 13.5. The summed E-state index contributed by atoms with van der Waals surface area (Å²) in [5, 5.41) is 0. The van der Waals surface area contributed by atoms with Crippen LogP contribution in [0.4, 0.5) is 4.39 Å².